The van der Waals surface area contributed by atoms with Crippen LogP contribution in [0.3, 0.4) is 0 Å². The number of anilines is 1. The van der Waals surface area contributed by atoms with Crippen molar-refractivity contribution in [1.29, 1.82) is 0 Å². The van der Waals surface area contributed by atoms with Gasteiger partial charge in [-0.25, -0.2) is 9.18 Å². The number of hydrogen-bond acceptors (Lipinski definition) is 5. The Morgan fingerprint density at radius 2 is 1.85 bits per heavy atom. The molecule has 0 saturated heterocycles. The number of halogens is 2. The third kappa shape index (κ3) is 6.43. The minimum absolute atomic E-state index is 0.0316. The summed E-state index contributed by atoms with van der Waals surface area (Å²) in [5.74, 6) is -0.383. The summed E-state index contributed by atoms with van der Waals surface area (Å²) in [5, 5.41) is 2.69. The number of benzene rings is 3. The number of hydrogen-bond donors (Lipinski definition) is 1. The first-order valence-electron chi connectivity index (χ1n) is 9.82. The van der Waals surface area contributed by atoms with Crippen molar-refractivity contribution in [2.24, 2.45) is 0 Å². The van der Waals surface area contributed by atoms with E-state index in [4.69, 9.17) is 9.47 Å². The molecule has 3 rings (SSSR count). The van der Waals surface area contributed by atoms with Crippen LogP contribution in [0.1, 0.15) is 21.5 Å². The lowest BCUT2D eigenvalue weighted by Crippen LogP contribution is -2.09. The van der Waals surface area contributed by atoms with E-state index in [1.807, 2.05) is 0 Å². The van der Waals surface area contributed by atoms with Crippen LogP contribution in [0.4, 0.5) is 10.1 Å². The van der Waals surface area contributed by atoms with Gasteiger partial charge in [0.2, 0.25) is 5.91 Å². The second kappa shape index (κ2) is 11.3. The smallest absolute Gasteiger partial charge is 0.337 e. The topological polar surface area (TPSA) is 73.9 Å². The van der Waals surface area contributed by atoms with Gasteiger partial charge in [-0.05, 0) is 64.0 Å². The Bertz CT molecular complexity index is 1200. The van der Waals surface area contributed by atoms with Gasteiger partial charge in [0, 0.05) is 17.3 Å². The first-order chi connectivity index (χ1) is 15.9. The van der Waals surface area contributed by atoms with E-state index in [1.165, 1.54) is 32.4 Å². The lowest BCUT2D eigenvalue weighted by molar-refractivity contribution is -0.111. The standard InChI is InChI=1S/C25H21BrFNO5/c1-31-22-13-16(12-20(26)24(22)33-15-18-6-3-4-9-21(18)27)10-11-23(29)28-19-8-5-7-17(14-19)25(30)32-2/h3-14H,15H2,1-2H3,(H,28,29)/b11-10+. The Hall–Kier alpha value is -3.65. The third-order valence-electron chi connectivity index (χ3n) is 4.56. The highest BCUT2D eigenvalue weighted by Gasteiger charge is 2.13. The number of rotatable bonds is 8. The first-order valence-corrected chi connectivity index (χ1v) is 10.6. The van der Waals surface area contributed by atoms with Gasteiger partial charge in [-0.1, -0.05) is 24.3 Å². The molecule has 0 aliphatic carbocycles. The summed E-state index contributed by atoms with van der Waals surface area (Å²) < 4.78 is 30.3. The van der Waals surface area contributed by atoms with E-state index in [9.17, 15) is 14.0 Å². The van der Waals surface area contributed by atoms with Crippen LogP contribution in [0, 0.1) is 5.82 Å². The van der Waals surface area contributed by atoms with Gasteiger partial charge in [-0.3, -0.25) is 4.79 Å². The second-order valence-corrected chi connectivity index (χ2v) is 7.66. The van der Waals surface area contributed by atoms with Crippen molar-refractivity contribution in [3.8, 4) is 11.5 Å². The van der Waals surface area contributed by atoms with Crippen LogP contribution in [0.2, 0.25) is 0 Å². The zero-order valence-corrected chi connectivity index (χ0v) is 19.5. The fourth-order valence-electron chi connectivity index (χ4n) is 2.94. The van der Waals surface area contributed by atoms with Gasteiger partial charge >= 0.3 is 5.97 Å². The van der Waals surface area contributed by atoms with E-state index in [-0.39, 0.29) is 18.3 Å². The molecule has 1 N–H and O–H groups in total. The molecular weight excluding hydrogens is 493 g/mol. The van der Waals surface area contributed by atoms with Gasteiger partial charge in [0.15, 0.2) is 11.5 Å². The Morgan fingerprint density at radius 3 is 2.58 bits per heavy atom. The average Bonchev–Trinajstić information content (AvgIpc) is 2.82. The molecule has 0 saturated carbocycles. The third-order valence-corrected chi connectivity index (χ3v) is 5.15. The average molecular weight is 514 g/mol. The summed E-state index contributed by atoms with van der Waals surface area (Å²) in [4.78, 5) is 23.9. The lowest BCUT2D eigenvalue weighted by atomic mass is 10.1. The Morgan fingerprint density at radius 1 is 1.06 bits per heavy atom. The molecule has 33 heavy (non-hydrogen) atoms. The molecule has 0 unspecified atom stereocenters. The monoisotopic (exact) mass is 513 g/mol. The van der Waals surface area contributed by atoms with Crippen molar-refractivity contribution in [3.63, 3.8) is 0 Å². The summed E-state index contributed by atoms with van der Waals surface area (Å²) >= 11 is 3.44. The molecule has 0 aliphatic heterocycles. The first kappa shape index (κ1) is 24.0. The maximum atomic E-state index is 13.9. The number of amides is 1. The van der Waals surface area contributed by atoms with Gasteiger partial charge in [0.1, 0.15) is 12.4 Å². The highest BCUT2D eigenvalue weighted by atomic mass is 79.9. The predicted octanol–water partition coefficient (Wildman–Crippen LogP) is 5.61. The fraction of sp³-hybridized carbons (Fsp3) is 0.120. The maximum Gasteiger partial charge on any atom is 0.337 e. The molecule has 6 nitrogen and oxygen atoms in total. The molecule has 3 aromatic carbocycles. The Kier molecular flexibility index (Phi) is 8.21. The van der Waals surface area contributed by atoms with Crippen molar-refractivity contribution >= 4 is 39.6 Å². The molecule has 0 bridgehead atoms. The number of ether oxygens (including phenoxy) is 3. The van der Waals surface area contributed by atoms with E-state index in [2.05, 4.69) is 26.0 Å². The Balaban J connectivity index is 1.70. The van der Waals surface area contributed by atoms with Crippen molar-refractivity contribution in [2.45, 2.75) is 6.61 Å². The van der Waals surface area contributed by atoms with Crippen molar-refractivity contribution in [3.05, 3.63) is 93.7 Å². The van der Waals surface area contributed by atoms with Crippen LogP contribution in [0.5, 0.6) is 11.5 Å². The van der Waals surface area contributed by atoms with E-state index in [1.54, 1.807) is 54.6 Å². The summed E-state index contributed by atoms with van der Waals surface area (Å²) in [6, 6.07) is 16.2. The highest BCUT2D eigenvalue weighted by Crippen LogP contribution is 2.37. The zero-order chi connectivity index (χ0) is 23.8. The normalized spacial score (nSPS) is 10.7. The fourth-order valence-corrected chi connectivity index (χ4v) is 3.51. The molecule has 0 aliphatic rings. The zero-order valence-electron chi connectivity index (χ0n) is 17.9. The quantitative estimate of drug-likeness (QED) is 0.312. The molecule has 0 heterocycles. The summed E-state index contributed by atoms with van der Waals surface area (Å²) in [6.45, 7) is 0.0316. The number of carbonyl (C=O) groups is 2. The van der Waals surface area contributed by atoms with Gasteiger partial charge in [0.05, 0.1) is 24.3 Å². The van der Waals surface area contributed by atoms with Gasteiger partial charge in [-0.2, -0.15) is 0 Å². The van der Waals surface area contributed by atoms with Crippen LogP contribution in [-0.4, -0.2) is 26.1 Å². The van der Waals surface area contributed by atoms with Crippen LogP contribution in [0.15, 0.2) is 71.2 Å². The molecule has 0 atom stereocenters. The van der Waals surface area contributed by atoms with E-state index in [0.29, 0.717) is 38.3 Å². The molecule has 170 valence electrons. The lowest BCUT2D eigenvalue weighted by Gasteiger charge is -2.14. The summed E-state index contributed by atoms with van der Waals surface area (Å²) in [6.07, 6.45) is 2.96. The van der Waals surface area contributed by atoms with Crippen LogP contribution in [0.25, 0.3) is 6.08 Å². The molecule has 8 heteroatoms. The van der Waals surface area contributed by atoms with Crippen LogP contribution in [-0.2, 0) is 16.1 Å². The SMILES string of the molecule is COC(=O)c1cccc(NC(=O)/C=C/c2cc(Br)c(OCc3ccccc3F)c(OC)c2)c1. The van der Waals surface area contributed by atoms with Gasteiger partial charge < -0.3 is 19.5 Å². The van der Waals surface area contributed by atoms with Crippen LogP contribution >= 0.6 is 15.9 Å². The summed E-state index contributed by atoms with van der Waals surface area (Å²) in [7, 11) is 2.78. The number of methoxy groups -OCH3 is 2. The van der Waals surface area contributed by atoms with Gasteiger partial charge in [0.25, 0.3) is 0 Å². The molecule has 0 radical (unpaired) electrons. The largest absolute Gasteiger partial charge is 0.493 e. The molecule has 0 fully saturated rings. The number of esters is 1. The molecule has 0 spiro atoms. The van der Waals surface area contributed by atoms with Crippen LogP contribution < -0.4 is 14.8 Å². The molecular formula is C25H21BrFNO5. The molecule has 0 aromatic heterocycles. The van der Waals surface area contributed by atoms with Gasteiger partial charge in [-0.15, -0.1) is 0 Å². The molecule has 1 amide bonds. The summed E-state index contributed by atoms with van der Waals surface area (Å²) in [5.41, 5.74) is 1.89. The number of nitrogens with one attached hydrogen (secondary N) is 1. The Labute approximate surface area is 199 Å². The maximum absolute atomic E-state index is 13.9. The molecule has 3 aromatic rings. The number of carbonyl (C=O) groups excluding carboxylic acids is 2. The van der Waals surface area contributed by atoms with Crippen molar-refractivity contribution in [1.82, 2.24) is 0 Å². The minimum Gasteiger partial charge on any atom is -0.493 e. The van der Waals surface area contributed by atoms with E-state index >= 15 is 0 Å². The van der Waals surface area contributed by atoms with Crippen molar-refractivity contribution < 1.29 is 28.2 Å². The highest BCUT2D eigenvalue weighted by molar-refractivity contribution is 9.10. The predicted molar refractivity (Wildman–Crippen MR) is 127 cm³/mol. The van der Waals surface area contributed by atoms with Crippen molar-refractivity contribution in [2.75, 3.05) is 19.5 Å². The van der Waals surface area contributed by atoms with E-state index < -0.39 is 5.97 Å². The minimum atomic E-state index is -0.490. The van der Waals surface area contributed by atoms with E-state index in [0.717, 1.165) is 0 Å². The second-order valence-electron chi connectivity index (χ2n) is 6.81.